The lowest BCUT2D eigenvalue weighted by Crippen LogP contribution is -2.35. The van der Waals surface area contributed by atoms with Crippen molar-refractivity contribution in [1.29, 1.82) is 0 Å². The third kappa shape index (κ3) is 3.40. The van der Waals surface area contributed by atoms with Gasteiger partial charge in [-0.1, -0.05) is 6.07 Å². The van der Waals surface area contributed by atoms with E-state index in [1.807, 2.05) is 20.8 Å². The fourth-order valence-electron chi connectivity index (χ4n) is 2.38. The van der Waals surface area contributed by atoms with Gasteiger partial charge in [0, 0.05) is 24.7 Å². The van der Waals surface area contributed by atoms with Crippen molar-refractivity contribution in [2.24, 2.45) is 0 Å². The van der Waals surface area contributed by atoms with Gasteiger partial charge in [-0.3, -0.25) is 0 Å². The Hall–Kier alpha value is -1.78. The highest BCUT2D eigenvalue weighted by molar-refractivity contribution is 5.68. The first-order chi connectivity index (χ1) is 9.26. The van der Waals surface area contributed by atoms with Gasteiger partial charge in [-0.2, -0.15) is 0 Å². The van der Waals surface area contributed by atoms with E-state index in [-0.39, 0.29) is 17.8 Å². The average molecular weight is 280 g/mol. The Morgan fingerprint density at radius 3 is 2.75 bits per heavy atom. The first kappa shape index (κ1) is 14.6. The van der Waals surface area contributed by atoms with E-state index < -0.39 is 5.60 Å². The fourth-order valence-corrected chi connectivity index (χ4v) is 2.38. The van der Waals surface area contributed by atoms with E-state index in [1.54, 1.807) is 17.0 Å². The van der Waals surface area contributed by atoms with Gasteiger partial charge in [0.05, 0.1) is 0 Å². The van der Waals surface area contributed by atoms with Crippen LogP contribution in [-0.2, 0) is 4.74 Å². The van der Waals surface area contributed by atoms with Crippen molar-refractivity contribution in [3.05, 3.63) is 29.6 Å². The van der Waals surface area contributed by atoms with Gasteiger partial charge in [-0.25, -0.2) is 9.18 Å². The second-order valence-corrected chi connectivity index (χ2v) is 6.19. The summed E-state index contributed by atoms with van der Waals surface area (Å²) < 4.78 is 19.2. The highest BCUT2D eigenvalue weighted by Gasteiger charge is 2.31. The number of nitrogens with two attached hydrogens (primary N) is 1. The van der Waals surface area contributed by atoms with E-state index in [0.717, 1.165) is 6.42 Å². The number of nitrogens with zero attached hydrogens (tertiary/aromatic N) is 1. The zero-order valence-corrected chi connectivity index (χ0v) is 12.1. The molecule has 5 heteroatoms. The summed E-state index contributed by atoms with van der Waals surface area (Å²) in [7, 11) is 0. The van der Waals surface area contributed by atoms with Crippen LogP contribution in [0.3, 0.4) is 0 Å². The maximum atomic E-state index is 13.9. The highest BCUT2D eigenvalue weighted by atomic mass is 19.1. The van der Waals surface area contributed by atoms with Crippen LogP contribution in [0.2, 0.25) is 0 Å². The molecule has 1 aromatic rings. The number of ether oxygens (including phenoxy) is 1. The summed E-state index contributed by atoms with van der Waals surface area (Å²) >= 11 is 0. The van der Waals surface area contributed by atoms with Gasteiger partial charge in [0.25, 0.3) is 0 Å². The monoisotopic (exact) mass is 280 g/mol. The fraction of sp³-hybridized carbons (Fsp3) is 0.533. The first-order valence-electron chi connectivity index (χ1n) is 6.79. The minimum absolute atomic E-state index is 0.00289. The number of benzene rings is 1. The zero-order valence-electron chi connectivity index (χ0n) is 12.1. The third-order valence-corrected chi connectivity index (χ3v) is 3.30. The number of carbonyl (C=O) groups excluding carboxylic acids is 1. The molecule has 1 atom stereocenters. The van der Waals surface area contributed by atoms with Crippen LogP contribution in [0.15, 0.2) is 18.2 Å². The van der Waals surface area contributed by atoms with Crippen molar-refractivity contribution >= 4 is 11.8 Å². The van der Waals surface area contributed by atoms with Gasteiger partial charge in [-0.05, 0) is 44.9 Å². The summed E-state index contributed by atoms with van der Waals surface area (Å²) in [6.07, 6.45) is 0.399. The molecule has 0 saturated carbocycles. The van der Waals surface area contributed by atoms with Crippen molar-refractivity contribution in [2.75, 3.05) is 18.8 Å². The van der Waals surface area contributed by atoms with Crippen molar-refractivity contribution in [2.45, 2.75) is 38.7 Å². The second kappa shape index (κ2) is 5.31. The minimum Gasteiger partial charge on any atom is -0.444 e. The van der Waals surface area contributed by atoms with E-state index in [4.69, 9.17) is 10.5 Å². The zero-order chi connectivity index (χ0) is 14.9. The molecule has 4 nitrogen and oxygen atoms in total. The van der Waals surface area contributed by atoms with Crippen LogP contribution in [0.5, 0.6) is 0 Å². The topological polar surface area (TPSA) is 55.6 Å². The van der Waals surface area contributed by atoms with Crippen LogP contribution >= 0.6 is 0 Å². The van der Waals surface area contributed by atoms with Crippen LogP contribution in [0.4, 0.5) is 14.9 Å². The molecule has 1 heterocycles. The molecular weight excluding hydrogens is 259 g/mol. The molecule has 1 saturated heterocycles. The summed E-state index contributed by atoms with van der Waals surface area (Å²) in [5.41, 5.74) is 6.06. The summed E-state index contributed by atoms with van der Waals surface area (Å²) in [6.45, 7) is 6.56. The molecule has 2 N–H and O–H groups in total. The van der Waals surface area contributed by atoms with E-state index in [0.29, 0.717) is 24.3 Å². The molecule has 1 aromatic carbocycles. The molecule has 110 valence electrons. The summed E-state index contributed by atoms with van der Waals surface area (Å²) in [4.78, 5) is 13.6. The van der Waals surface area contributed by atoms with E-state index in [1.165, 1.54) is 6.07 Å². The Labute approximate surface area is 118 Å². The maximum Gasteiger partial charge on any atom is 0.410 e. The van der Waals surface area contributed by atoms with Crippen molar-refractivity contribution in [3.8, 4) is 0 Å². The Kier molecular flexibility index (Phi) is 3.88. The Bertz CT molecular complexity index is 511. The van der Waals surface area contributed by atoms with Crippen LogP contribution < -0.4 is 5.73 Å². The number of anilines is 1. The SMILES string of the molecule is CC(C)(C)OC(=O)N1CC[C@H](c2ccc(N)cc2F)C1. The Morgan fingerprint density at radius 1 is 1.45 bits per heavy atom. The summed E-state index contributed by atoms with van der Waals surface area (Å²) in [5, 5.41) is 0. The molecule has 1 aliphatic heterocycles. The molecule has 0 aliphatic carbocycles. The number of carbonyl (C=O) groups is 1. The quantitative estimate of drug-likeness (QED) is 0.804. The normalized spacial score (nSPS) is 19.2. The maximum absolute atomic E-state index is 13.9. The number of nitrogen functional groups attached to an aromatic ring is 1. The van der Waals surface area contributed by atoms with E-state index in [9.17, 15) is 9.18 Å². The number of hydrogen-bond acceptors (Lipinski definition) is 3. The standard InChI is InChI=1S/C15H21FN2O2/c1-15(2,3)20-14(19)18-7-6-10(9-18)12-5-4-11(17)8-13(12)16/h4-5,8,10H,6-7,9,17H2,1-3H3/t10-/m0/s1. The molecule has 2 rings (SSSR count). The lowest BCUT2D eigenvalue weighted by Gasteiger charge is -2.24. The molecule has 0 aromatic heterocycles. The summed E-state index contributed by atoms with van der Waals surface area (Å²) in [6, 6.07) is 4.72. The molecular formula is C15H21FN2O2. The van der Waals surface area contributed by atoms with Gasteiger partial charge < -0.3 is 15.4 Å². The predicted octanol–water partition coefficient (Wildman–Crippen LogP) is 3.13. The molecule has 0 radical (unpaired) electrons. The third-order valence-electron chi connectivity index (χ3n) is 3.30. The van der Waals surface area contributed by atoms with Gasteiger partial charge in [0.15, 0.2) is 0 Å². The Morgan fingerprint density at radius 2 is 2.15 bits per heavy atom. The molecule has 0 unspecified atom stereocenters. The smallest absolute Gasteiger partial charge is 0.410 e. The average Bonchev–Trinajstić information content (AvgIpc) is 2.75. The van der Waals surface area contributed by atoms with E-state index in [2.05, 4.69) is 0 Å². The van der Waals surface area contributed by atoms with Gasteiger partial charge >= 0.3 is 6.09 Å². The lowest BCUT2D eigenvalue weighted by atomic mass is 9.97. The molecule has 20 heavy (non-hydrogen) atoms. The first-order valence-corrected chi connectivity index (χ1v) is 6.79. The van der Waals surface area contributed by atoms with Crippen molar-refractivity contribution in [1.82, 2.24) is 4.90 Å². The van der Waals surface area contributed by atoms with Crippen molar-refractivity contribution < 1.29 is 13.9 Å². The summed E-state index contributed by atoms with van der Waals surface area (Å²) in [5.74, 6) is -0.302. The largest absolute Gasteiger partial charge is 0.444 e. The van der Waals surface area contributed by atoms with Crippen LogP contribution in [0.25, 0.3) is 0 Å². The van der Waals surface area contributed by atoms with Crippen LogP contribution in [0, 0.1) is 5.82 Å². The highest BCUT2D eigenvalue weighted by Crippen LogP contribution is 2.30. The van der Waals surface area contributed by atoms with Gasteiger partial charge in [0.1, 0.15) is 11.4 Å². The molecule has 0 bridgehead atoms. The van der Waals surface area contributed by atoms with Gasteiger partial charge in [-0.15, -0.1) is 0 Å². The number of amides is 1. The Balaban J connectivity index is 2.03. The van der Waals surface area contributed by atoms with E-state index >= 15 is 0 Å². The second-order valence-electron chi connectivity index (χ2n) is 6.19. The molecule has 1 fully saturated rings. The molecule has 1 amide bonds. The van der Waals surface area contributed by atoms with Crippen LogP contribution in [-0.4, -0.2) is 29.7 Å². The predicted molar refractivity (Wildman–Crippen MR) is 76.0 cm³/mol. The van der Waals surface area contributed by atoms with Gasteiger partial charge in [0.2, 0.25) is 0 Å². The molecule has 1 aliphatic rings. The number of rotatable bonds is 1. The molecule has 0 spiro atoms. The minimum atomic E-state index is -0.512. The lowest BCUT2D eigenvalue weighted by molar-refractivity contribution is 0.0292. The number of likely N-dealkylation sites (tertiary alicyclic amines) is 1. The number of hydrogen-bond donors (Lipinski definition) is 1. The van der Waals surface area contributed by atoms with Crippen LogP contribution in [0.1, 0.15) is 38.7 Å². The number of halogens is 1. The van der Waals surface area contributed by atoms with Crippen molar-refractivity contribution in [3.63, 3.8) is 0 Å².